The average molecular weight is 392 g/mol. The number of hydrogen-bond acceptors (Lipinski definition) is 2. The van der Waals surface area contributed by atoms with Crippen LogP contribution in [-0.4, -0.2) is 32.0 Å². The maximum absolute atomic E-state index is 4.26. The number of nitrogens with one attached hydrogen (secondary N) is 2. The van der Waals surface area contributed by atoms with Gasteiger partial charge in [-0.25, -0.2) is 0 Å². The van der Waals surface area contributed by atoms with Gasteiger partial charge in [-0.3, -0.25) is 4.99 Å². The van der Waals surface area contributed by atoms with Gasteiger partial charge < -0.3 is 10.6 Å². The highest BCUT2D eigenvalue weighted by atomic mass is 15.1. The lowest BCUT2D eigenvalue weighted by Crippen LogP contribution is -2.45. The van der Waals surface area contributed by atoms with E-state index >= 15 is 0 Å². The van der Waals surface area contributed by atoms with Gasteiger partial charge in [0.25, 0.3) is 0 Å². The van der Waals surface area contributed by atoms with E-state index in [4.69, 9.17) is 0 Å². The number of aliphatic imine (C=N–C) groups is 1. The van der Waals surface area contributed by atoms with Gasteiger partial charge in [0.05, 0.1) is 0 Å². The van der Waals surface area contributed by atoms with Crippen LogP contribution in [0.25, 0.3) is 0 Å². The summed E-state index contributed by atoms with van der Waals surface area (Å²) in [5.74, 6) is 0.976. The molecule has 0 aromatic heterocycles. The third-order valence-corrected chi connectivity index (χ3v) is 2.95. The lowest BCUT2D eigenvalue weighted by Gasteiger charge is -2.25. The molecule has 1 aliphatic heterocycles. The van der Waals surface area contributed by atoms with Gasteiger partial charge in [0.15, 0.2) is 0 Å². The lowest BCUT2D eigenvalue weighted by molar-refractivity contribution is 0.431. The monoisotopic (exact) mass is 391 g/mol. The third kappa shape index (κ3) is 28.7. The molecule has 1 fully saturated rings. The molecule has 0 aromatic carbocycles. The summed E-state index contributed by atoms with van der Waals surface area (Å²) >= 11 is 0. The highest BCUT2D eigenvalue weighted by Crippen LogP contribution is 2.04. The standard InChI is InChI=1S/C12H21N3.C5H8.2C2H6.2C2H4/c1-4-6-10(2)12(13-3)15-11-7-5-8-14-9-11;1-4-5(2)3;4*1-2/h4,6,11,14H,1,5,7-9H2,2-3H3,(H,13,15);4H,1-2H2,3H3;2*1-2H3;2*1-2H2/b10-6-;;;;;. The van der Waals surface area contributed by atoms with Gasteiger partial charge >= 0.3 is 0 Å². The Balaban J connectivity index is -0.000000114. The molecule has 0 amide bonds. The van der Waals surface area contributed by atoms with Crippen LogP contribution in [0.4, 0.5) is 0 Å². The van der Waals surface area contributed by atoms with Crippen LogP contribution in [0.15, 0.2) is 80.4 Å². The molecule has 0 aromatic rings. The minimum absolute atomic E-state index is 0.505. The van der Waals surface area contributed by atoms with E-state index in [1.165, 1.54) is 12.8 Å². The van der Waals surface area contributed by atoms with Gasteiger partial charge in [0.1, 0.15) is 5.84 Å². The second-order valence-corrected chi connectivity index (χ2v) is 4.90. The van der Waals surface area contributed by atoms with Gasteiger partial charge in [0.2, 0.25) is 0 Å². The summed E-state index contributed by atoms with van der Waals surface area (Å²) in [4.78, 5) is 4.26. The number of amidine groups is 1. The first-order valence-corrected chi connectivity index (χ1v) is 10.1. The van der Waals surface area contributed by atoms with E-state index in [0.717, 1.165) is 30.1 Å². The summed E-state index contributed by atoms with van der Waals surface area (Å²) in [6.07, 6.45) is 7.94. The van der Waals surface area contributed by atoms with E-state index in [1.54, 1.807) is 12.2 Å². The Morgan fingerprint density at radius 2 is 1.50 bits per heavy atom. The van der Waals surface area contributed by atoms with Crippen molar-refractivity contribution in [3.63, 3.8) is 0 Å². The molecule has 164 valence electrons. The molecule has 0 bridgehead atoms. The summed E-state index contributed by atoms with van der Waals surface area (Å²) in [7, 11) is 1.82. The predicted octanol–water partition coefficient (Wildman–Crippen LogP) is 6.89. The fourth-order valence-corrected chi connectivity index (χ4v) is 1.78. The summed E-state index contributed by atoms with van der Waals surface area (Å²) in [6.45, 7) is 36.8. The molecule has 1 unspecified atom stereocenters. The molecule has 1 saturated heterocycles. The maximum atomic E-state index is 4.26. The quantitative estimate of drug-likeness (QED) is 0.237. The van der Waals surface area contributed by atoms with Crippen LogP contribution in [-0.2, 0) is 0 Å². The zero-order valence-electron chi connectivity index (χ0n) is 20.0. The number of allylic oxidation sites excluding steroid dienone is 4. The van der Waals surface area contributed by atoms with Crippen LogP contribution in [0, 0.1) is 0 Å². The van der Waals surface area contributed by atoms with Crippen molar-refractivity contribution in [2.45, 2.75) is 60.4 Å². The van der Waals surface area contributed by atoms with Gasteiger partial charge in [0, 0.05) is 19.6 Å². The third-order valence-electron chi connectivity index (χ3n) is 2.95. The van der Waals surface area contributed by atoms with Crippen molar-refractivity contribution >= 4 is 5.84 Å². The highest BCUT2D eigenvalue weighted by molar-refractivity contribution is 5.98. The van der Waals surface area contributed by atoms with E-state index in [-0.39, 0.29) is 0 Å². The SMILES string of the molecule is C=C.C=C.C=C/C=C(/C)C(=NC)NC1CCCNC1.C=CC(=C)C.CC.CC. The molecule has 0 radical (unpaired) electrons. The van der Waals surface area contributed by atoms with Crippen molar-refractivity contribution in [1.29, 1.82) is 0 Å². The van der Waals surface area contributed by atoms with Crippen molar-refractivity contribution in [2.24, 2.45) is 4.99 Å². The molecule has 1 rings (SSSR count). The van der Waals surface area contributed by atoms with E-state index in [2.05, 4.69) is 61.7 Å². The maximum Gasteiger partial charge on any atom is 0.123 e. The Labute approximate surface area is 177 Å². The molecule has 0 spiro atoms. The fraction of sp³-hybridized carbons (Fsp3) is 0.480. The van der Waals surface area contributed by atoms with Crippen LogP contribution < -0.4 is 10.6 Å². The zero-order valence-corrected chi connectivity index (χ0v) is 20.0. The topological polar surface area (TPSA) is 36.4 Å². The van der Waals surface area contributed by atoms with Crippen LogP contribution in [0.2, 0.25) is 0 Å². The number of piperidine rings is 1. The summed E-state index contributed by atoms with van der Waals surface area (Å²) in [6, 6.07) is 0.505. The normalized spacial score (nSPS) is 14.6. The summed E-state index contributed by atoms with van der Waals surface area (Å²) in [5.41, 5.74) is 2.16. The lowest BCUT2D eigenvalue weighted by atomic mass is 10.1. The Morgan fingerprint density at radius 3 is 1.79 bits per heavy atom. The Hall–Kier alpha value is -2.13. The average Bonchev–Trinajstić information content (AvgIpc) is 2.78. The largest absolute Gasteiger partial charge is 0.366 e. The number of nitrogens with zero attached hydrogens (tertiary/aromatic N) is 1. The first-order valence-electron chi connectivity index (χ1n) is 10.1. The Morgan fingerprint density at radius 1 is 1.04 bits per heavy atom. The van der Waals surface area contributed by atoms with Crippen molar-refractivity contribution in [3.05, 3.63) is 75.4 Å². The van der Waals surface area contributed by atoms with E-state index in [1.807, 2.05) is 54.7 Å². The smallest absolute Gasteiger partial charge is 0.123 e. The molecule has 0 saturated carbocycles. The number of hydrogen-bond donors (Lipinski definition) is 2. The first kappa shape index (κ1) is 36.7. The van der Waals surface area contributed by atoms with Gasteiger partial charge in [-0.2, -0.15) is 0 Å². The predicted molar refractivity (Wildman–Crippen MR) is 137 cm³/mol. The molecule has 1 aliphatic rings. The van der Waals surface area contributed by atoms with Gasteiger partial charge in [-0.1, -0.05) is 71.2 Å². The van der Waals surface area contributed by atoms with Crippen molar-refractivity contribution in [3.8, 4) is 0 Å². The van der Waals surface area contributed by atoms with E-state index < -0.39 is 0 Å². The van der Waals surface area contributed by atoms with Crippen molar-refractivity contribution in [2.75, 3.05) is 20.1 Å². The van der Waals surface area contributed by atoms with Crippen molar-refractivity contribution in [1.82, 2.24) is 10.6 Å². The minimum atomic E-state index is 0.505. The highest BCUT2D eigenvalue weighted by Gasteiger charge is 2.14. The minimum Gasteiger partial charge on any atom is -0.366 e. The molecule has 3 heteroatoms. The van der Waals surface area contributed by atoms with Crippen molar-refractivity contribution < 1.29 is 0 Å². The summed E-state index contributed by atoms with van der Waals surface area (Å²) in [5, 5.41) is 6.84. The van der Waals surface area contributed by atoms with Crippen LogP contribution >= 0.6 is 0 Å². The molecule has 0 aliphatic carbocycles. The molecule has 1 heterocycles. The fourth-order valence-electron chi connectivity index (χ4n) is 1.78. The molecule has 2 N–H and O–H groups in total. The van der Waals surface area contributed by atoms with E-state index in [0.29, 0.717) is 6.04 Å². The molecular formula is C25H49N3. The van der Waals surface area contributed by atoms with Gasteiger partial charge in [-0.15, -0.1) is 26.3 Å². The Bertz CT molecular complexity index is 398. The van der Waals surface area contributed by atoms with Crippen LogP contribution in [0.3, 0.4) is 0 Å². The van der Waals surface area contributed by atoms with E-state index in [9.17, 15) is 0 Å². The molecule has 3 nitrogen and oxygen atoms in total. The second-order valence-electron chi connectivity index (χ2n) is 4.90. The molecule has 28 heavy (non-hydrogen) atoms. The second kappa shape index (κ2) is 35.9. The number of rotatable bonds is 4. The molecule has 1 atom stereocenters. The molecular weight excluding hydrogens is 342 g/mol. The van der Waals surface area contributed by atoms with Crippen LogP contribution in [0.1, 0.15) is 54.4 Å². The van der Waals surface area contributed by atoms with Gasteiger partial charge in [-0.05, 0) is 38.8 Å². The summed E-state index contributed by atoms with van der Waals surface area (Å²) < 4.78 is 0. The van der Waals surface area contributed by atoms with Crippen LogP contribution in [0.5, 0.6) is 0 Å². The first-order chi connectivity index (χ1) is 13.5. The zero-order chi connectivity index (χ0) is 23.4. The Kier molecular flexibility index (Phi) is 47.1.